The van der Waals surface area contributed by atoms with Crippen molar-refractivity contribution in [3.63, 3.8) is 0 Å². The molecule has 0 saturated carbocycles. The highest BCUT2D eigenvalue weighted by Crippen LogP contribution is 2.44. The predicted octanol–water partition coefficient (Wildman–Crippen LogP) is 5.81. The standard InChI is InChI=1S/C16H26ClNOSi/c1-12(2)20(13(3)4,14(5)6)19-16(11-17)15-9-7-8-10-18-15/h7-14H,1-6H3. The van der Waals surface area contributed by atoms with Gasteiger partial charge < -0.3 is 4.43 Å². The van der Waals surface area contributed by atoms with Crippen molar-refractivity contribution in [1.29, 1.82) is 0 Å². The second-order valence-corrected chi connectivity index (χ2v) is 11.7. The molecule has 0 amide bonds. The van der Waals surface area contributed by atoms with E-state index in [1.807, 2.05) is 18.2 Å². The summed E-state index contributed by atoms with van der Waals surface area (Å²) >= 11 is 6.02. The Morgan fingerprint density at radius 2 is 1.65 bits per heavy atom. The lowest BCUT2D eigenvalue weighted by atomic mass is 10.3. The summed E-state index contributed by atoms with van der Waals surface area (Å²) in [5.41, 5.74) is 3.87. The van der Waals surface area contributed by atoms with Crippen LogP contribution in [0.25, 0.3) is 5.76 Å². The summed E-state index contributed by atoms with van der Waals surface area (Å²) in [5, 5.41) is 0. The van der Waals surface area contributed by atoms with E-state index < -0.39 is 8.32 Å². The fourth-order valence-electron chi connectivity index (χ4n) is 3.18. The molecule has 0 N–H and O–H groups in total. The fourth-order valence-corrected chi connectivity index (χ4v) is 8.67. The van der Waals surface area contributed by atoms with E-state index in [9.17, 15) is 0 Å². The molecule has 0 aliphatic heterocycles. The first-order chi connectivity index (χ1) is 9.36. The molecule has 0 saturated heterocycles. The van der Waals surface area contributed by atoms with Crippen LogP contribution in [0.4, 0.5) is 0 Å². The molecule has 1 rings (SSSR count). The van der Waals surface area contributed by atoms with Gasteiger partial charge in [0.2, 0.25) is 0 Å². The number of hydrogen-bond donors (Lipinski definition) is 0. The van der Waals surface area contributed by atoms with Crippen LogP contribution in [0.3, 0.4) is 0 Å². The van der Waals surface area contributed by atoms with Gasteiger partial charge in [0.25, 0.3) is 8.32 Å². The summed E-state index contributed by atoms with van der Waals surface area (Å²) in [6.45, 7) is 13.6. The van der Waals surface area contributed by atoms with Gasteiger partial charge in [-0.3, -0.25) is 4.98 Å². The molecule has 112 valence electrons. The Kier molecular flexibility index (Phi) is 6.27. The first kappa shape index (κ1) is 17.2. The Morgan fingerprint density at radius 3 is 2.00 bits per heavy atom. The monoisotopic (exact) mass is 311 g/mol. The third-order valence-corrected chi connectivity index (χ3v) is 10.2. The van der Waals surface area contributed by atoms with Crippen molar-refractivity contribution in [2.24, 2.45) is 0 Å². The summed E-state index contributed by atoms with van der Waals surface area (Å²) in [6, 6.07) is 5.79. The van der Waals surface area contributed by atoms with E-state index in [1.54, 1.807) is 6.20 Å². The van der Waals surface area contributed by atoms with Gasteiger partial charge in [-0.15, -0.1) is 0 Å². The van der Waals surface area contributed by atoms with Gasteiger partial charge in [0.1, 0.15) is 11.5 Å². The van der Waals surface area contributed by atoms with Crippen molar-refractivity contribution in [3.05, 3.63) is 35.6 Å². The highest BCUT2D eigenvalue weighted by molar-refractivity contribution is 6.78. The molecular formula is C16H26ClNOSi. The van der Waals surface area contributed by atoms with Crippen LogP contribution in [-0.2, 0) is 4.43 Å². The van der Waals surface area contributed by atoms with Gasteiger partial charge in [-0.25, -0.2) is 0 Å². The molecule has 20 heavy (non-hydrogen) atoms. The summed E-state index contributed by atoms with van der Waals surface area (Å²) < 4.78 is 6.56. The van der Waals surface area contributed by atoms with Crippen molar-refractivity contribution >= 4 is 25.7 Å². The van der Waals surface area contributed by atoms with Gasteiger partial charge in [-0.1, -0.05) is 59.2 Å². The van der Waals surface area contributed by atoms with Crippen LogP contribution in [0.5, 0.6) is 0 Å². The predicted molar refractivity (Wildman–Crippen MR) is 90.2 cm³/mol. The van der Waals surface area contributed by atoms with E-state index in [2.05, 4.69) is 46.5 Å². The average Bonchev–Trinajstić information content (AvgIpc) is 2.39. The zero-order chi connectivity index (χ0) is 15.3. The van der Waals surface area contributed by atoms with Crippen LogP contribution in [-0.4, -0.2) is 13.3 Å². The molecule has 0 unspecified atom stereocenters. The zero-order valence-corrected chi connectivity index (χ0v) is 15.1. The molecule has 0 aromatic carbocycles. The molecule has 1 heterocycles. The van der Waals surface area contributed by atoms with Gasteiger partial charge in [-0.05, 0) is 28.8 Å². The van der Waals surface area contributed by atoms with E-state index in [0.29, 0.717) is 22.4 Å². The molecule has 4 heteroatoms. The van der Waals surface area contributed by atoms with Gasteiger partial charge >= 0.3 is 0 Å². The molecule has 0 radical (unpaired) electrons. The minimum atomic E-state index is -1.99. The molecular weight excluding hydrogens is 286 g/mol. The number of rotatable bonds is 6. The van der Waals surface area contributed by atoms with Crippen molar-refractivity contribution in [2.45, 2.75) is 58.2 Å². The summed E-state index contributed by atoms with van der Waals surface area (Å²) in [4.78, 5) is 4.36. The first-order valence-electron chi connectivity index (χ1n) is 7.27. The minimum Gasteiger partial charge on any atom is -0.541 e. The van der Waals surface area contributed by atoms with E-state index >= 15 is 0 Å². The van der Waals surface area contributed by atoms with Crippen molar-refractivity contribution < 1.29 is 4.43 Å². The zero-order valence-electron chi connectivity index (χ0n) is 13.4. The van der Waals surface area contributed by atoms with E-state index in [-0.39, 0.29) is 0 Å². The Labute approximate surface area is 129 Å². The highest BCUT2D eigenvalue weighted by atomic mass is 35.5. The number of pyridine rings is 1. The number of nitrogens with zero attached hydrogens (tertiary/aromatic N) is 1. The van der Waals surface area contributed by atoms with Crippen LogP contribution in [0.15, 0.2) is 29.9 Å². The maximum absolute atomic E-state index is 6.56. The SMILES string of the molecule is CC(C)[Si](OC(=CCl)c1ccccn1)(C(C)C)C(C)C. The third-order valence-electron chi connectivity index (χ3n) is 4.01. The smallest absolute Gasteiger partial charge is 0.258 e. The molecule has 0 fully saturated rings. The van der Waals surface area contributed by atoms with Gasteiger partial charge in [0.15, 0.2) is 0 Å². The number of hydrogen-bond acceptors (Lipinski definition) is 2. The second-order valence-electron chi connectivity index (χ2n) is 6.11. The number of halogens is 1. The Bertz CT molecular complexity index is 421. The summed E-state index contributed by atoms with van der Waals surface area (Å²) in [5.74, 6) is 0.704. The lowest BCUT2D eigenvalue weighted by Gasteiger charge is -2.42. The van der Waals surface area contributed by atoms with Crippen molar-refractivity contribution in [3.8, 4) is 0 Å². The number of aromatic nitrogens is 1. The van der Waals surface area contributed by atoms with Gasteiger partial charge in [-0.2, -0.15) is 0 Å². The normalized spacial score (nSPS) is 13.4. The quantitative estimate of drug-likeness (QED) is 0.488. The third kappa shape index (κ3) is 3.44. The molecule has 0 spiro atoms. The molecule has 1 aromatic heterocycles. The Morgan fingerprint density at radius 1 is 1.10 bits per heavy atom. The summed E-state index contributed by atoms with van der Waals surface area (Å²) in [6.07, 6.45) is 1.77. The molecule has 0 aliphatic rings. The van der Waals surface area contributed by atoms with Gasteiger partial charge in [0.05, 0.1) is 0 Å². The Balaban J connectivity index is 3.18. The van der Waals surface area contributed by atoms with Crippen LogP contribution in [0.2, 0.25) is 16.6 Å². The van der Waals surface area contributed by atoms with E-state index in [1.165, 1.54) is 5.54 Å². The Hall–Kier alpha value is -0.803. The maximum Gasteiger partial charge on any atom is 0.258 e. The minimum absolute atomic E-state index is 0.512. The molecule has 0 aliphatic carbocycles. The second kappa shape index (κ2) is 7.28. The topological polar surface area (TPSA) is 22.1 Å². The molecule has 1 aromatic rings. The summed E-state index contributed by atoms with van der Waals surface area (Å²) in [7, 11) is -1.99. The highest BCUT2D eigenvalue weighted by Gasteiger charge is 2.47. The molecule has 0 bridgehead atoms. The van der Waals surface area contributed by atoms with Crippen LogP contribution >= 0.6 is 11.6 Å². The maximum atomic E-state index is 6.56. The van der Waals surface area contributed by atoms with E-state index in [4.69, 9.17) is 16.0 Å². The first-order valence-corrected chi connectivity index (χ1v) is 9.84. The van der Waals surface area contributed by atoms with Crippen LogP contribution in [0.1, 0.15) is 47.2 Å². The molecule has 2 nitrogen and oxygen atoms in total. The molecule has 0 atom stereocenters. The fraction of sp³-hybridized carbons (Fsp3) is 0.562. The van der Waals surface area contributed by atoms with Crippen LogP contribution in [0, 0.1) is 0 Å². The van der Waals surface area contributed by atoms with Gasteiger partial charge in [0, 0.05) is 11.7 Å². The van der Waals surface area contributed by atoms with E-state index in [0.717, 1.165) is 5.69 Å². The lowest BCUT2D eigenvalue weighted by molar-refractivity contribution is 0.443. The lowest BCUT2D eigenvalue weighted by Crippen LogP contribution is -2.47. The largest absolute Gasteiger partial charge is 0.541 e. The van der Waals surface area contributed by atoms with Crippen LogP contribution < -0.4 is 0 Å². The van der Waals surface area contributed by atoms with Crippen molar-refractivity contribution in [1.82, 2.24) is 4.98 Å². The average molecular weight is 312 g/mol. The van der Waals surface area contributed by atoms with Crippen molar-refractivity contribution in [2.75, 3.05) is 0 Å².